The number of anilines is 1. The highest BCUT2D eigenvalue weighted by atomic mass is 15.3. The van der Waals surface area contributed by atoms with Crippen LogP contribution in [0.1, 0.15) is 5.56 Å². The Hall–Kier alpha value is -2.55. The van der Waals surface area contributed by atoms with Crippen molar-refractivity contribution in [3.05, 3.63) is 66.4 Å². The lowest BCUT2D eigenvalue weighted by molar-refractivity contribution is 1.35. The van der Waals surface area contributed by atoms with E-state index >= 15 is 0 Å². The molecule has 1 aromatic heterocycles. The van der Waals surface area contributed by atoms with E-state index < -0.39 is 0 Å². The van der Waals surface area contributed by atoms with Gasteiger partial charge in [-0.3, -0.25) is 5.43 Å². The molecule has 0 radical (unpaired) electrons. The molecule has 0 spiro atoms. The molecule has 0 fully saturated rings. The second-order valence-electron chi connectivity index (χ2n) is 4.03. The largest absolute Gasteiger partial charge is 0.361 e. The van der Waals surface area contributed by atoms with Gasteiger partial charge < -0.3 is 4.98 Å². The molecule has 3 aromatic rings. The number of rotatable bonds is 3. The highest BCUT2D eigenvalue weighted by Gasteiger charge is 1.98. The standard InChI is InChI=1S/C15H13N3/c1-2-6-13(7-3-1)18-17-11-12-10-16-15-9-5-4-8-14(12)15/h1-11,16,18H/b17-11+. The molecule has 2 aromatic carbocycles. The van der Waals surface area contributed by atoms with E-state index in [1.807, 2.05) is 54.9 Å². The normalized spacial score (nSPS) is 11.1. The van der Waals surface area contributed by atoms with Gasteiger partial charge in [0.2, 0.25) is 0 Å². The first-order valence-corrected chi connectivity index (χ1v) is 5.84. The average molecular weight is 235 g/mol. The molecule has 18 heavy (non-hydrogen) atoms. The maximum atomic E-state index is 4.24. The minimum Gasteiger partial charge on any atom is -0.361 e. The molecule has 0 aliphatic carbocycles. The first kappa shape index (κ1) is 10.6. The summed E-state index contributed by atoms with van der Waals surface area (Å²) >= 11 is 0. The molecule has 0 amide bonds. The van der Waals surface area contributed by atoms with Crippen LogP contribution in [0.2, 0.25) is 0 Å². The first-order chi connectivity index (χ1) is 8.93. The van der Waals surface area contributed by atoms with Crippen LogP contribution in [0.3, 0.4) is 0 Å². The second-order valence-corrected chi connectivity index (χ2v) is 4.03. The molecule has 0 atom stereocenters. The quantitative estimate of drug-likeness (QED) is 0.528. The van der Waals surface area contributed by atoms with E-state index in [2.05, 4.69) is 27.6 Å². The molecule has 0 saturated carbocycles. The lowest BCUT2D eigenvalue weighted by Crippen LogP contribution is -1.89. The monoisotopic (exact) mass is 235 g/mol. The number of hydrogen-bond acceptors (Lipinski definition) is 2. The van der Waals surface area contributed by atoms with Gasteiger partial charge in [-0.15, -0.1) is 0 Å². The third-order valence-corrected chi connectivity index (χ3v) is 2.79. The molecule has 1 heterocycles. The van der Waals surface area contributed by atoms with Gasteiger partial charge >= 0.3 is 0 Å². The molecule has 3 heteroatoms. The summed E-state index contributed by atoms with van der Waals surface area (Å²) in [5.41, 5.74) is 6.18. The van der Waals surface area contributed by atoms with Crippen LogP contribution in [0.4, 0.5) is 5.69 Å². The molecule has 2 N–H and O–H groups in total. The van der Waals surface area contributed by atoms with E-state index in [0.717, 1.165) is 16.8 Å². The van der Waals surface area contributed by atoms with Gasteiger partial charge in [-0.05, 0) is 18.2 Å². The average Bonchev–Trinajstić information content (AvgIpc) is 2.84. The van der Waals surface area contributed by atoms with Gasteiger partial charge in [-0.2, -0.15) is 5.10 Å². The van der Waals surface area contributed by atoms with Crippen molar-refractivity contribution < 1.29 is 0 Å². The van der Waals surface area contributed by atoms with E-state index in [-0.39, 0.29) is 0 Å². The summed E-state index contributed by atoms with van der Waals surface area (Å²) in [6.07, 6.45) is 3.78. The summed E-state index contributed by atoms with van der Waals surface area (Å²) in [6.45, 7) is 0. The fourth-order valence-electron chi connectivity index (χ4n) is 1.89. The van der Waals surface area contributed by atoms with Crippen molar-refractivity contribution in [1.82, 2.24) is 4.98 Å². The third kappa shape index (κ3) is 2.11. The lowest BCUT2D eigenvalue weighted by Gasteiger charge is -1.97. The Morgan fingerprint density at radius 1 is 0.944 bits per heavy atom. The molecule has 0 unspecified atom stereocenters. The van der Waals surface area contributed by atoms with Crippen LogP contribution in [0.25, 0.3) is 10.9 Å². The minimum absolute atomic E-state index is 0.980. The van der Waals surface area contributed by atoms with Crippen molar-refractivity contribution in [3.8, 4) is 0 Å². The molecule has 3 rings (SSSR count). The number of nitrogens with zero attached hydrogens (tertiary/aromatic N) is 1. The number of hydrogen-bond donors (Lipinski definition) is 2. The Labute approximate surface area is 105 Å². The smallest absolute Gasteiger partial charge is 0.0566 e. The van der Waals surface area contributed by atoms with Gasteiger partial charge in [0.15, 0.2) is 0 Å². The van der Waals surface area contributed by atoms with E-state index in [4.69, 9.17) is 0 Å². The van der Waals surface area contributed by atoms with Crippen molar-refractivity contribution in [2.75, 3.05) is 5.43 Å². The van der Waals surface area contributed by atoms with Gasteiger partial charge in [0.05, 0.1) is 11.9 Å². The highest BCUT2D eigenvalue weighted by Crippen LogP contribution is 2.15. The van der Waals surface area contributed by atoms with Gasteiger partial charge in [0.25, 0.3) is 0 Å². The fourth-order valence-corrected chi connectivity index (χ4v) is 1.89. The van der Waals surface area contributed by atoms with Crippen LogP contribution in [-0.4, -0.2) is 11.2 Å². The Kier molecular flexibility index (Phi) is 2.80. The number of fused-ring (bicyclic) bond motifs is 1. The summed E-state index contributed by atoms with van der Waals surface area (Å²) < 4.78 is 0. The Balaban J connectivity index is 1.80. The summed E-state index contributed by atoms with van der Waals surface area (Å²) in [7, 11) is 0. The molecule has 0 aliphatic rings. The topological polar surface area (TPSA) is 40.2 Å². The second kappa shape index (κ2) is 4.75. The number of nitrogens with one attached hydrogen (secondary N) is 2. The maximum Gasteiger partial charge on any atom is 0.0566 e. The molecule has 88 valence electrons. The predicted octanol–water partition coefficient (Wildman–Crippen LogP) is 3.61. The Bertz CT molecular complexity index is 668. The van der Waals surface area contributed by atoms with E-state index in [9.17, 15) is 0 Å². The van der Waals surface area contributed by atoms with Crippen LogP contribution < -0.4 is 5.43 Å². The van der Waals surface area contributed by atoms with E-state index in [1.165, 1.54) is 5.39 Å². The molecule has 3 nitrogen and oxygen atoms in total. The zero-order valence-corrected chi connectivity index (χ0v) is 9.80. The SMILES string of the molecule is C(=N\Nc1ccccc1)/c1c[nH]c2ccccc12. The Morgan fingerprint density at radius 3 is 2.61 bits per heavy atom. The van der Waals surface area contributed by atoms with Gasteiger partial charge in [-0.1, -0.05) is 36.4 Å². The highest BCUT2D eigenvalue weighted by molar-refractivity contribution is 5.99. The third-order valence-electron chi connectivity index (χ3n) is 2.79. The summed E-state index contributed by atoms with van der Waals surface area (Å²) in [6, 6.07) is 18.1. The zero-order valence-electron chi connectivity index (χ0n) is 9.80. The number of H-pyrrole nitrogens is 1. The first-order valence-electron chi connectivity index (χ1n) is 5.84. The number of aromatic amines is 1. The molecule has 0 bridgehead atoms. The number of hydrazone groups is 1. The number of benzene rings is 2. The van der Waals surface area contributed by atoms with Crippen molar-refractivity contribution in [3.63, 3.8) is 0 Å². The van der Waals surface area contributed by atoms with E-state index in [1.54, 1.807) is 0 Å². The minimum atomic E-state index is 0.980. The van der Waals surface area contributed by atoms with Crippen LogP contribution >= 0.6 is 0 Å². The fraction of sp³-hybridized carbons (Fsp3) is 0. The predicted molar refractivity (Wildman–Crippen MR) is 76.0 cm³/mol. The van der Waals surface area contributed by atoms with Gasteiger partial charge in [0.1, 0.15) is 0 Å². The molecular formula is C15H13N3. The van der Waals surface area contributed by atoms with Crippen LogP contribution in [0.15, 0.2) is 65.9 Å². The lowest BCUT2D eigenvalue weighted by atomic mass is 10.2. The summed E-state index contributed by atoms with van der Waals surface area (Å²) in [5.74, 6) is 0. The Morgan fingerprint density at radius 2 is 1.72 bits per heavy atom. The van der Waals surface area contributed by atoms with Crippen molar-refractivity contribution in [2.24, 2.45) is 5.10 Å². The van der Waals surface area contributed by atoms with Crippen LogP contribution in [-0.2, 0) is 0 Å². The molecular weight excluding hydrogens is 222 g/mol. The van der Waals surface area contributed by atoms with Crippen LogP contribution in [0, 0.1) is 0 Å². The number of aromatic nitrogens is 1. The summed E-state index contributed by atoms with van der Waals surface area (Å²) in [4.78, 5) is 3.22. The zero-order chi connectivity index (χ0) is 12.2. The van der Waals surface area contributed by atoms with Crippen LogP contribution in [0.5, 0.6) is 0 Å². The van der Waals surface area contributed by atoms with Gasteiger partial charge in [-0.25, -0.2) is 0 Å². The maximum absolute atomic E-state index is 4.24. The molecule has 0 aliphatic heterocycles. The van der Waals surface area contributed by atoms with Gasteiger partial charge in [0, 0.05) is 22.7 Å². The van der Waals surface area contributed by atoms with E-state index in [0.29, 0.717) is 0 Å². The summed E-state index contributed by atoms with van der Waals surface area (Å²) in [5, 5.41) is 5.42. The molecule has 0 saturated heterocycles. The van der Waals surface area contributed by atoms with Crippen molar-refractivity contribution in [1.29, 1.82) is 0 Å². The van der Waals surface area contributed by atoms with Crippen molar-refractivity contribution >= 4 is 22.8 Å². The van der Waals surface area contributed by atoms with Crippen molar-refractivity contribution in [2.45, 2.75) is 0 Å². The number of para-hydroxylation sites is 2.